The van der Waals surface area contributed by atoms with Crippen LogP contribution in [0.3, 0.4) is 0 Å². The largest absolute Gasteiger partial charge is 0.348 e. The molecular formula is C11H13ClN4O. The first-order chi connectivity index (χ1) is 8.11. The van der Waals surface area contributed by atoms with Gasteiger partial charge in [-0.1, -0.05) is 18.5 Å². The first-order valence-corrected chi connectivity index (χ1v) is 5.80. The number of rotatable bonds is 3. The van der Waals surface area contributed by atoms with Crippen LogP contribution in [0, 0.1) is 0 Å². The van der Waals surface area contributed by atoms with Crippen molar-refractivity contribution in [1.29, 1.82) is 0 Å². The maximum absolute atomic E-state index is 11.8. The SMILES string of the molecule is CCC(C)NC(=O)c1ccn2ncc(Cl)c2n1. The van der Waals surface area contributed by atoms with E-state index < -0.39 is 0 Å². The smallest absolute Gasteiger partial charge is 0.270 e. The van der Waals surface area contributed by atoms with E-state index in [1.165, 1.54) is 10.7 Å². The lowest BCUT2D eigenvalue weighted by Gasteiger charge is -2.10. The topological polar surface area (TPSA) is 59.3 Å². The molecule has 2 rings (SSSR count). The van der Waals surface area contributed by atoms with E-state index >= 15 is 0 Å². The van der Waals surface area contributed by atoms with E-state index in [1.54, 1.807) is 12.3 Å². The summed E-state index contributed by atoms with van der Waals surface area (Å²) in [4.78, 5) is 16.0. The van der Waals surface area contributed by atoms with Crippen LogP contribution in [-0.2, 0) is 0 Å². The zero-order valence-electron chi connectivity index (χ0n) is 9.64. The monoisotopic (exact) mass is 252 g/mol. The van der Waals surface area contributed by atoms with Crippen LogP contribution in [0.2, 0.25) is 5.02 Å². The van der Waals surface area contributed by atoms with Crippen molar-refractivity contribution >= 4 is 23.2 Å². The maximum Gasteiger partial charge on any atom is 0.270 e. The van der Waals surface area contributed by atoms with Gasteiger partial charge in [0.2, 0.25) is 0 Å². The van der Waals surface area contributed by atoms with Crippen molar-refractivity contribution in [2.75, 3.05) is 0 Å². The highest BCUT2D eigenvalue weighted by molar-refractivity contribution is 6.33. The standard InChI is InChI=1S/C11H13ClN4O/c1-3-7(2)14-11(17)9-4-5-16-10(15-9)8(12)6-13-16/h4-7H,3H2,1-2H3,(H,14,17). The van der Waals surface area contributed by atoms with E-state index in [9.17, 15) is 4.79 Å². The van der Waals surface area contributed by atoms with Crippen LogP contribution >= 0.6 is 11.6 Å². The molecule has 1 unspecified atom stereocenters. The van der Waals surface area contributed by atoms with Crippen LogP contribution in [0.4, 0.5) is 0 Å². The zero-order valence-corrected chi connectivity index (χ0v) is 10.4. The molecule has 0 spiro atoms. The second-order valence-corrected chi connectivity index (χ2v) is 4.26. The van der Waals surface area contributed by atoms with E-state index in [4.69, 9.17) is 11.6 Å². The van der Waals surface area contributed by atoms with E-state index in [2.05, 4.69) is 15.4 Å². The van der Waals surface area contributed by atoms with Crippen molar-refractivity contribution in [3.05, 3.63) is 29.2 Å². The summed E-state index contributed by atoms with van der Waals surface area (Å²) in [5, 5.41) is 7.27. The van der Waals surface area contributed by atoms with Crippen molar-refractivity contribution in [2.45, 2.75) is 26.3 Å². The third-order valence-corrected chi connectivity index (χ3v) is 2.82. The van der Waals surface area contributed by atoms with E-state index in [0.717, 1.165) is 6.42 Å². The molecule has 6 heteroatoms. The number of nitrogens with one attached hydrogen (secondary N) is 1. The van der Waals surface area contributed by atoms with Gasteiger partial charge in [-0.25, -0.2) is 9.50 Å². The summed E-state index contributed by atoms with van der Waals surface area (Å²) < 4.78 is 1.53. The first kappa shape index (κ1) is 11.9. The molecule has 0 aliphatic carbocycles. The fourth-order valence-electron chi connectivity index (χ4n) is 1.37. The Morgan fingerprint density at radius 1 is 1.65 bits per heavy atom. The lowest BCUT2D eigenvalue weighted by Crippen LogP contribution is -2.32. The Balaban J connectivity index is 2.29. The molecule has 2 aromatic heterocycles. The predicted octanol–water partition coefficient (Wildman–Crippen LogP) is 1.91. The molecule has 0 aromatic carbocycles. The molecule has 0 saturated carbocycles. The number of amides is 1. The van der Waals surface area contributed by atoms with Gasteiger partial charge in [0.05, 0.1) is 6.20 Å². The summed E-state index contributed by atoms with van der Waals surface area (Å²) in [5.74, 6) is -0.195. The van der Waals surface area contributed by atoms with Crippen LogP contribution in [0.1, 0.15) is 30.8 Å². The fraction of sp³-hybridized carbons (Fsp3) is 0.364. The average molecular weight is 253 g/mol. The molecule has 1 atom stereocenters. The zero-order chi connectivity index (χ0) is 12.4. The molecule has 0 aliphatic rings. The number of halogens is 1. The minimum atomic E-state index is -0.195. The van der Waals surface area contributed by atoms with E-state index in [1.807, 2.05) is 13.8 Å². The molecule has 0 aliphatic heterocycles. The Hall–Kier alpha value is -1.62. The van der Waals surface area contributed by atoms with Crippen molar-refractivity contribution in [3.8, 4) is 0 Å². The van der Waals surface area contributed by atoms with Crippen LogP contribution in [0.15, 0.2) is 18.5 Å². The fourth-order valence-corrected chi connectivity index (χ4v) is 1.54. The van der Waals surface area contributed by atoms with Gasteiger partial charge in [0.1, 0.15) is 10.7 Å². The number of fused-ring (bicyclic) bond motifs is 1. The average Bonchev–Trinajstić information content (AvgIpc) is 2.70. The summed E-state index contributed by atoms with van der Waals surface area (Å²) in [7, 11) is 0. The van der Waals surface area contributed by atoms with E-state index in [0.29, 0.717) is 16.4 Å². The molecule has 2 heterocycles. The summed E-state index contributed by atoms with van der Waals surface area (Å²) in [5.41, 5.74) is 0.837. The molecule has 17 heavy (non-hydrogen) atoms. The molecule has 5 nitrogen and oxygen atoms in total. The summed E-state index contributed by atoms with van der Waals surface area (Å²) in [6.45, 7) is 3.96. The number of hydrogen-bond donors (Lipinski definition) is 1. The van der Waals surface area contributed by atoms with Crippen LogP contribution < -0.4 is 5.32 Å². The first-order valence-electron chi connectivity index (χ1n) is 5.42. The van der Waals surface area contributed by atoms with Crippen molar-refractivity contribution in [1.82, 2.24) is 19.9 Å². The number of carbonyl (C=O) groups excluding carboxylic acids is 1. The van der Waals surface area contributed by atoms with Crippen LogP contribution in [0.25, 0.3) is 5.65 Å². The molecular weight excluding hydrogens is 240 g/mol. The van der Waals surface area contributed by atoms with E-state index in [-0.39, 0.29) is 11.9 Å². The summed E-state index contributed by atoms with van der Waals surface area (Å²) in [6, 6.07) is 1.74. The van der Waals surface area contributed by atoms with Crippen LogP contribution in [-0.4, -0.2) is 26.5 Å². The Kier molecular flexibility index (Phi) is 3.28. The van der Waals surface area contributed by atoms with Gasteiger partial charge >= 0.3 is 0 Å². The third kappa shape index (κ3) is 2.39. The number of aromatic nitrogens is 3. The Labute approximate surface area is 104 Å². The predicted molar refractivity (Wildman–Crippen MR) is 65.2 cm³/mol. The van der Waals surface area contributed by atoms with Crippen molar-refractivity contribution < 1.29 is 4.79 Å². The van der Waals surface area contributed by atoms with Crippen molar-refractivity contribution in [2.24, 2.45) is 0 Å². The lowest BCUT2D eigenvalue weighted by molar-refractivity contribution is 0.0934. The highest BCUT2D eigenvalue weighted by atomic mass is 35.5. The minimum absolute atomic E-state index is 0.126. The number of hydrogen-bond acceptors (Lipinski definition) is 3. The third-order valence-electron chi connectivity index (χ3n) is 2.55. The number of nitrogens with zero attached hydrogens (tertiary/aromatic N) is 3. The van der Waals surface area contributed by atoms with Gasteiger partial charge in [-0.3, -0.25) is 4.79 Å². The maximum atomic E-state index is 11.8. The number of carbonyl (C=O) groups is 1. The van der Waals surface area contributed by atoms with Gasteiger partial charge in [-0.2, -0.15) is 5.10 Å². The highest BCUT2D eigenvalue weighted by Gasteiger charge is 2.12. The summed E-state index contributed by atoms with van der Waals surface area (Å²) in [6.07, 6.45) is 4.04. The van der Waals surface area contributed by atoms with Gasteiger partial charge in [-0.15, -0.1) is 0 Å². The second-order valence-electron chi connectivity index (χ2n) is 3.86. The molecule has 0 saturated heterocycles. The van der Waals surface area contributed by atoms with Crippen LogP contribution in [0.5, 0.6) is 0 Å². The Morgan fingerprint density at radius 3 is 3.12 bits per heavy atom. The Bertz CT molecular complexity index is 551. The minimum Gasteiger partial charge on any atom is -0.348 e. The molecule has 0 radical (unpaired) electrons. The highest BCUT2D eigenvalue weighted by Crippen LogP contribution is 2.14. The molecule has 1 N–H and O–H groups in total. The van der Waals surface area contributed by atoms with Gasteiger partial charge in [0.25, 0.3) is 5.91 Å². The lowest BCUT2D eigenvalue weighted by atomic mass is 10.2. The normalized spacial score (nSPS) is 12.6. The molecule has 1 amide bonds. The van der Waals surface area contributed by atoms with Gasteiger partial charge in [0.15, 0.2) is 5.65 Å². The van der Waals surface area contributed by atoms with Gasteiger partial charge in [0, 0.05) is 12.2 Å². The quantitative estimate of drug-likeness (QED) is 0.908. The van der Waals surface area contributed by atoms with Gasteiger partial charge in [-0.05, 0) is 19.4 Å². The molecule has 0 fully saturated rings. The molecule has 0 bridgehead atoms. The van der Waals surface area contributed by atoms with Crippen molar-refractivity contribution in [3.63, 3.8) is 0 Å². The Morgan fingerprint density at radius 2 is 2.41 bits per heavy atom. The molecule has 2 aromatic rings. The summed E-state index contributed by atoms with van der Waals surface area (Å²) >= 11 is 5.90. The van der Waals surface area contributed by atoms with Gasteiger partial charge < -0.3 is 5.32 Å². The molecule has 90 valence electrons. The second kappa shape index (κ2) is 4.71.